The van der Waals surface area contributed by atoms with E-state index in [0.29, 0.717) is 17.9 Å². The van der Waals surface area contributed by atoms with Gasteiger partial charge in [0.25, 0.3) is 0 Å². The van der Waals surface area contributed by atoms with Gasteiger partial charge in [0.1, 0.15) is 5.75 Å². The molecule has 1 aliphatic heterocycles. The van der Waals surface area contributed by atoms with Gasteiger partial charge in [0, 0.05) is 31.2 Å². The number of rotatable bonds is 8. The number of nitrogens with zero attached hydrogens (tertiary/aromatic N) is 1. The maximum atomic E-state index is 13.0. The Kier molecular flexibility index (Phi) is 7.92. The average Bonchev–Trinajstić information content (AvgIpc) is 2.77. The molecule has 1 fully saturated rings. The minimum absolute atomic E-state index is 0.0818. The number of hydrogen-bond donors (Lipinski definition) is 2. The number of nitrogens with one attached hydrogen (secondary N) is 2. The molecule has 0 bridgehead atoms. The predicted molar refractivity (Wildman–Crippen MR) is 123 cm³/mol. The Balaban J connectivity index is 1.86. The van der Waals surface area contributed by atoms with E-state index in [9.17, 15) is 21.6 Å². The summed E-state index contributed by atoms with van der Waals surface area (Å²) in [6.07, 6.45) is 1.76. The lowest BCUT2D eigenvalue weighted by Gasteiger charge is -2.34. The van der Waals surface area contributed by atoms with Crippen molar-refractivity contribution in [1.82, 2.24) is 10.6 Å². The van der Waals surface area contributed by atoms with Crippen LogP contribution in [0.25, 0.3) is 0 Å². The molecule has 1 saturated heterocycles. The van der Waals surface area contributed by atoms with Crippen LogP contribution in [0, 0.1) is 0 Å². The van der Waals surface area contributed by atoms with Crippen molar-refractivity contribution < 1.29 is 26.3 Å². The first kappa shape index (κ1) is 25.3. The van der Waals surface area contributed by atoms with Crippen LogP contribution in [0.2, 0.25) is 0 Å². The van der Waals surface area contributed by atoms with E-state index in [1.165, 1.54) is 18.2 Å². The molecule has 0 spiro atoms. The third-order valence-electron chi connectivity index (χ3n) is 5.60. The van der Waals surface area contributed by atoms with E-state index in [1.54, 1.807) is 0 Å². The van der Waals surface area contributed by atoms with Gasteiger partial charge in [-0.25, -0.2) is 0 Å². The summed E-state index contributed by atoms with van der Waals surface area (Å²) < 4.78 is 69.0. The zero-order chi connectivity index (χ0) is 24.2. The number of anilines is 1. The van der Waals surface area contributed by atoms with E-state index >= 15 is 0 Å². The van der Waals surface area contributed by atoms with Crippen LogP contribution in [-0.4, -0.2) is 39.7 Å². The summed E-state index contributed by atoms with van der Waals surface area (Å²) in [5, 5.41) is 7.03. The minimum Gasteiger partial charge on any atom is -0.491 e. The van der Waals surface area contributed by atoms with Crippen molar-refractivity contribution in [3.63, 3.8) is 0 Å². The Morgan fingerprint density at radius 1 is 1.18 bits per heavy atom. The van der Waals surface area contributed by atoms with E-state index < -0.39 is 15.5 Å². The third-order valence-corrected chi connectivity index (χ3v) is 7.11. The first-order chi connectivity index (χ1) is 15.5. The molecule has 0 aromatic heterocycles. The molecule has 2 atom stereocenters. The molecule has 2 N–H and O–H groups in total. The van der Waals surface area contributed by atoms with E-state index in [-0.39, 0.29) is 28.2 Å². The maximum absolute atomic E-state index is 13.0. The lowest BCUT2D eigenvalue weighted by atomic mass is 9.92. The van der Waals surface area contributed by atoms with Gasteiger partial charge in [-0.2, -0.15) is 21.6 Å². The highest BCUT2D eigenvalue weighted by atomic mass is 32.2. The summed E-state index contributed by atoms with van der Waals surface area (Å²) in [6.45, 7) is 4.91. The van der Waals surface area contributed by atoms with E-state index in [4.69, 9.17) is 4.74 Å². The summed E-state index contributed by atoms with van der Waals surface area (Å²) in [7, 11) is -4.60. The molecule has 0 amide bonds. The Morgan fingerprint density at radius 2 is 1.88 bits per heavy atom. The zero-order valence-corrected chi connectivity index (χ0v) is 19.7. The lowest BCUT2D eigenvalue weighted by molar-refractivity contribution is -0.0437. The molecule has 1 aliphatic rings. The Bertz CT molecular complexity index is 1030. The molecule has 182 valence electrons. The van der Waals surface area contributed by atoms with Crippen LogP contribution in [-0.2, 0) is 16.6 Å². The van der Waals surface area contributed by atoms with Crippen LogP contribution in [0.15, 0.2) is 48.5 Å². The molecule has 1 heterocycles. The van der Waals surface area contributed by atoms with Crippen molar-refractivity contribution in [3.05, 3.63) is 59.7 Å². The lowest BCUT2D eigenvalue weighted by Crippen LogP contribution is -2.45. The first-order valence-electron chi connectivity index (χ1n) is 10.9. The van der Waals surface area contributed by atoms with Crippen LogP contribution in [0.3, 0.4) is 0 Å². The first-order valence-corrected chi connectivity index (χ1v) is 12.3. The second-order valence-corrected chi connectivity index (χ2v) is 10.3. The highest BCUT2D eigenvalue weighted by Crippen LogP contribution is 2.33. The van der Waals surface area contributed by atoms with Crippen molar-refractivity contribution in [3.8, 4) is 5.75 Å². The summed E-state index contributed by atoms with van der Waals surface area (Å²) >= 11 is 0. The van der Waals surface area contributed by atoms with Crippen LogP contribution < -0.4 is 19.7 Å². The molecule has 33 heavy (non-hydrogen) atoms. The van der Waals surface area contributed by atoms with Crippen molar-refractivity contribution in [1.29, 1.82) is 0 Å². The molecule has 0 aliphatic carbocycles. The number of halogens is 3. The van der Waals surface area contributed by atoms with E-state index in [0.717, 1.165) is 32.0 Å². The fraction of sp³-hybridized carbons (Fsp3) is 0.478. The molecule has 0 saturated carbocycles. The Labute approximate surface area is 193 Å². The highest BCUT2D eigenvalue weighted by Gasteiger charge is 2.49. The monoisotopic (exact) mass is 485 g/mol. The van der Waals surface area contributed by atoms with Gasteiger partial charge in [0.2, 0.25) is 0 Å². The van der Waals surface area contributed by atoms with Crippen molar-refractivity contribution in [2.45, 2.75) is 56.9 Å². The van der Waals surface area contributed by atoms with Crippen molar-refractivity contribution in [2.75, 3.05) is 17.9 Å². The van der Waals surface area contributed by atoms with Crippen LogP contribution >= 0.6 is 0 Å². The molecule has 0 unspecified atom stereocenters. The number of hydrogen-bond acceptors (Lipinski definition) is 5. The van der Waals surface area contributed by atoms with Gasteiger partial charge in [-0.3, -0.25) is 4.31 Å². The summed E-state index contributed by atoms with van der Waals surface area (Å²) in [5.74, 6) is 0.499. The number of benzene rings is 2. The zero-order valence-electron chi connectivity index (χ0n) is 18.9. The highest BCUT2D eigenvalue weighted by molar-refractivity contribution is 7.93. The molecule has 2 aromatic rings. The molecular weight excluding hydrogens is 455 g/mol. The molecule has 6 nitrogen and oxygen atoms in total. The second kappa shape index (κ2) is 10.3. The SMILES string of the molecule is CC(C)Oc1ccc(N(C)S(=O)(=O)C(F)(F)F)cc1CN[C@H]1CCCN[C@H]1c1ccccc1. The minimum atomic E-state index is -5.50. The Hall–Kier alpha value is -2.30. The molecular formula is C23H30F3N3O3S. The van der Waals surface area contributed by atoms with Gasteiger partial charge in [0.05, 0.1) is 11.8 Å². The average molecular weight is 486 g/mol. The quantitative estimate of drug-likeness (QED) is 0.582. The maximum Gasteiger partial charge on any atom is 0.516 e. The van der Waals surface area contributed by atoms with Gasteiger partial charge >= 0.3 is 15.5 Å². The number of sulfonamides is 1. The fourth-order valence-electron chi connectivity index (χ4n) is 3.92. The standard InChI is InChI=1S/C23H30F3N3O3S/c1-16(2)32-21-12-11-19(29(3)33(30,31)23(24,25)26)14-18(21)15-28-20-10-7-13-27-22(20)17-8-5-4-6-9-17/h4-6,8-9,11-12,14,16,20,22,27-28H,7,10,13,15H2,1-3H3/t20-,22-/m0/s1. The van der Waals surface area contributed by atoms with Gasteiger partial charge in [-0.1, -0.05) is 30.3 Å². The van der Waals surface area contributed by atoms with E-state index in [2.05, 4.69) is 22.8 Å². The third kappa shape index (κ3) is 5.99. The van der Waals surface area contributed by atoms with Crippen molar-refractivity contribution in [2.24, 2.45) is 0 Å². The van der Waals surface area contributed by atoms with Gasteiger partial charge < -0.3 is 15.4 Å². The largest absolute Gasteiger partial charge is 0.516 e. The summed E-state index contributed by atoms with van der Waals surface area (Å²) in [6, 6.07) is 14.5. The Morgan fingerprint density at radius 3 is 2.52 bits per heavy atom. The topological polar surface area (TPSA) is 70.7 Å². The normalized spacial score (nSPS) is 19.5. The molecule has 3 rings (SSSR count). The van der Waals surface area contributed by atoms with Gasteiger partial charge in [-0.05, 0) is 57.0 Å². The van der Waals surface area contributed by atoms with Crippen LogP contribution in [0.4, 0.5) is 18.9 Å². The predicted octanol–water partition coefficient (Wildman–Crippen LogP) is 4.34. The van der Waals surface area contributed by atoms with Gasteiger partial charge in [0.15, 0.2) is 0 Å². The fourth-order valence-corrected chi connectivity index (χ4v) is 4.62. The number of ether oxygens (including phenoxy) is 1. The van der Waals surface area contributed by atoms with Crippen LogP contribution in [0.5, 0.6) is 5.75 Å². The summed E-state index contributed by atoms with van der Waals surface area (Å²) in [4.78, 5) is 0. The number of alkyl halides is 3. The smallest absolute Gasteiger partial charge is 0.491 e. The summed E-state index contributed by atoms with van der Waals surface area (Å²) in [5.41, 5.74) is -3.73. The van der Waals surface area contributed by atoms with E-state index in [1.807, 2.05) is 32.0 Å². The van der Waals surface area contributed by atoms with Crippen molar-refractivity contribution >= 4 is 15.7 Å². The van der Waals surface area contributed by atoms with Crippen LogP contribution in [0.1, 0.15) is 43.9 Å². The second-order valence-electron chi connectivity index (χ2n) is 8.35. The van der Waals surface area contributed by atoms with Gasteiger partial charge in [-0.15, -0.1) is 0 Å². The molecule has 2 aromatic carbocycles. The molecule has 0 radical (unpaired) electrons. The molecule has 10 heteroatoms. The number of piperidine rings is 1.